The summed E-state index contributed by atoms with van der Waals surface area (Å²) in [5.74, 6) is -0.324. The second kappa shape index (κ2) is 5.50. The Hall–Kier alpha value is -2.08. The van der Waals surface area contributed by atoms with Gasteiger partial charge in [-0.25, -0.2) is 4.98 Å². The third kappa shape index (κ3) is 3.27. The third-order valence-corrected chi connectivity index (χ3v) is 2.65. The number of para-hydroxylation sites is 1. The largest absolute Gasteiger partial charge is 0.438 e. The summed E-state index contributed by atoms with van der Waals surface area (Å²) >= 11 is 0. The molecule has 0 spiro atoms. The molecule has 0 amide bonds. The quantitative estimate of drug-likeness (QED) is 0.927. The van der Waals surface area contributed by atoms with Gasteiger partial charge in [-0.05, 0) is 30.7 Å². The number of rotatable bonds is 3. The number of nitrogens with zero attached hydrogens (tertiary/aromatic N) is 1. The minimum absolute atomic E-state index is 0.0000926. The van der Waals surface area contributed by atoms with E-state index in [4.69, 9.17) is 4.74 Å². The van der Waals surface area contributed by atoms with E-state index in [1.807, 2.05) is 0 Å². The lowest BCUT2D eigenvalue weighted by molar-refractivity contribution is -0.138. The van der Waals surface area contributed by atoms with Crippen LogP contribution in [0.1, 0.15) is 24.2 Å². The van der Waals surface area contributed by atoms with Crippen molar-refractivity contribution in [1.82, 2.24) is 4.98 Å². The van der Waals surface area contributed by atoms with Crippen molar-refractivity contribution in [2.24, 2.45) is 0 Å². The maximum atomic E-state index is 12.8. The minimum Gasteiger partial charge on any atom is -0.438 e. The van der Waals surface area contributed by atoms with Crippen LogP contribution in [0.2, 0.25) is 0 Å². The van der Waals surface area contributed by atoms with Crippen LogP contribution in [-0.4, -0.2) is 10.1 Å². The van der Waals surface area contributed by atoms with Crippen LogP contribution in [0.15, 0.2) is 42.6 Å². The summed E-state index contributed by atoms with van der Waals surface area (Å²) in [4.78, 5) is 3.84. The number of ether oxygens (including phenoxy) is 1. The van der Waals surface area contributed by atoms with Crippen LogP contribution in [0.4, 0.5) is 13.2 Å². The Labute approximate surface area is 113 Å². The highest BCUT2D eigenvalue weighted by Crippen LogP contribution is 2.37. The number of halogens is 3. The van der Waals surface area contributed by atoms with Gasteiger partial charge in [-0.15, -0.1) is 0 Å². The molecule has 1 aromatic carbocycles. The van der Waals surface area contributed by atoms with E-state index in [0.717, 1.165) is 6.07 Å². The first-order valence-electron chi connectivity index (χ1n) is 5.86. The third-order valence-electron chi connectivity index (χ3n) is 2.65. The van der Waals surface area contributed by atoms with Crippen LogP contribution >= 0.6 is 0 Å². The van der Waals surface area contributed by atoms with Gasteiger partial charge in [0.2, 0.25) is 5.88 Å². The molecule has 6 heteroatoms. The van der Waals surface area contributed by atoms with Crippen molar-refractivity contribution in [3.63, 3.8) is 0 Å². The summed E-state index contributed by atoms with van der Waals surface area (Å²) in [7, 11) is 0. The topological polar surface area (TPSA) is 42.4 Å². The van der Waals surface area contributed by atoms with E-state index in [2.05, 4.69) is 4.98 Å². The lowest BCUT2D eigenvalue weighted by Crippen LogP contribution is -2.07. The number of alkyl halides is 3. The fraction of sp³-hybridized carbons (Fsp3) is 0.214. The van der Waals surface area contributed by atoms with Gasteiger partial charge in [0.25, 0.3) is 0 Å². The molecule has 3 nitrogen and oxygen atoms in total. The Morgan fingerprint density at radius 3 is 2.55 bits per heavy atom. The van der Waals surface area contributed by atoms with E-state index < -0.39 is 17.8 Å². The summed E-state index contributed by atoms with van der Waals surface area (Å²) < 4.78 is 43.6. The normalized spacial score (nSPS) is 13.1. The van der Waals surface area contributed by atoms with Gasteiger partial charge in [-0.1, -0.05) is 12.1 Å². The molecule has 2 aromatic rings. The van der Waals surface area contributed by atoms with Crippen LogP contribution in [0, 0.1) is 0 Å². The molecule has 2 rings (SSSR count). The van der Waals surface area contributed by atoms with Gasteiger partial charge >= 0.3 is 6.18 Å². The highest BCUT2D eigenvalue weighted by Gasteiger charge is 2.34. The summed E-state index contributed by atoms with van der Waals surface area (Å²) in [5.41, 5.74) is -0.358. The molecule has 0 aliphatic heterocycles. The zero-order chi connectivity index (χ0) is 14.8. The molecule has 0 saturated heterocycles. The number of pyridine rings is 1. The maximum absolute atomic E-state index is 12.8. The smallest absolute Gasteiger partial charge is 0.419 e. The molecular formula is C14H12F3NO2. The number of aliphatic hydroxyl groups excluding tert-OH is 1. The van der Waals surface area contributed by atoms with Gasteiger partial charge in [0.1, 0.15) is 5.75 Å². The molecule has 0 aliphatic carbocycles. The number of hydrogen-bond acceptors (Lipinski definition) is 3. The van der Waals surface area contributed by atoms with Crippen molar-refractivity contribution in [3.8, 4) is 11.6 Å². The second-order valence-corrected chi connectivity index (χ2v) is 4.20. The Morgan fingerprint density at radius 1 is 1.20 bits per heavy atom. The molecular weight excluding hydrogens is 271 g/mol. The molecule has 0 fully saturated rings. The van der Waals surface area contributed by atoms with E-state index in [1.165, 1.54) is 30.5 Å². The van der Waals surface area contributed by atoms with Crippen molar-refractivity contribution < 1.29 is 23.0 Å². The van der Waals surface area contributed by atoms with Crippen molar-refractivity contribution in [2.75, 3.05) is 0 Å². The molecule has 1 heterocycles. The zero-order valence-electron chi connectivity index (χ0n) is 10.6. The molecule has 1 unspecified atom stereocenters. The van der Waals surface area contributed by atoms with Crippen molar-refractivity contribution in [2.45, 2.75) is 19.2 Å². The average molecular weight is 283 g/mol. The SMILES string of the molecule is CC(O)c1ccnc(Oc2ccccc2C(F)(F)F)c1. The molecule has 1 N–H and O–H groups in total. The van der Waals surface area contributed by atoms with Gasteiger partial charge in [0, 0.05) is 12.3 Å². The highest BCUT2D eigenvalue weighted by molar-refractivity contribution is 5.38. The molecule has 1 atom stereocenters. The van der Waals surface area contributed by atoms with E-state index in [1.54, 1.807) is 13.0 Å². The predicted octanol–water partition coefficient (Wildman–Crippen LogP) is 3.95. The van der Waals surface area contributed by atoms with E-state index >= 15 is 0 Å². The Kier molecular flexibility index (Phi) is 3.94. The lowest BCUT2D eigenvalue weighted by atomic mass is 10.2. The lowest BCUT2D eigenvalue weighted by Gasteiger charge is -2.13. The molecule has 1 aromatic heterocycles. The van der Waals surface area contributed by atoms with Gasteiger partial charge in [-0.2, -0.15) is 13.2 Å². The monoisotopic (exact) mass is 283 g/mol. The Bertz CT molecular complexity index is 597. The van der Waals surface area contributed by atoms with Crippen LogP contribution in [0.25, 0.3) is 0 Å². The maximum Gasteiger partial charge on any atom is 0.419 e. The molecule has 0 saturated carbocycles. The van der Waals surface area contributed by atoms with Crippen LogP contribution in [0.5, 0.6) is 11.6 Å². The van der Waals surface area contributed by atoms with Crippen molar-refractivity contribution >= 4 is 0 Å². The Balaban J connectivity index is 2.33. The van der Waals surface area contributed by atoms with Gasteiger partial charge < -0.3 is 9.84 Å². The van der Waals surface area contributed by atoms with Crippen LogP contribution < -0.4 is 4.74 Å². The summed E-state index contributed by atoms with van der Waals surface area (Å²) in [6.45, 7) is 1.54. The Morgan fingerprint density at radius 2 is 1.90 bits per heavy atom. The number of benzene rings is 1. The van der Waals surface area contributed by atoms with Gasteiger partial charge in [0.05, 0.1) is 11.7 Å². The average Bonchev–Trinajstić information content (AvgIpc) is 2.38. The van der Waals surface area contributed by atoms with E-state index in [0.29, 0.717) is 5.56 Å². The van der Waals surface area contributed by atoms with Crippen LogP contribution in [0.3, 0.4) is 0 Å². The van der Waals surface area contributed by atoms with Gasteiger partial charge in [-0.3, -0.25) is 0 Å². The summed E-state index contributed by atoms with van der Waals surface area (Å²) in [6.07, 6.45) is -3.88. The number of aliphatic hydroxyl groups is 1. The first-order chi connectivity index (χ1) is 9.38. The number of hydrogen-bond donors (Lipinski definition) is 1. The summed E-state index contributed by atoms with van der Waals surface area (Å²) in [6, 6.07) is 7.86. The van der Waals surface area contributed by atoms with Crippen LogP contribution in [-0.2, 0) is 6.18 Å². The summed E-state index contributed by atoms with van der Waals surface area (Å²) in [5, 5.41) is 9.43. The van der Waals surface area contributed by atoms with Crippen molar-refractivity contribution in [3.05, 3.63) is 53.7 Å². The minimum atomic E-state index is -4.50. The first-order valence-corrected chi connectivity index (χ1v) is 5.86. The molecule has 106 valence electrons. The fourth-order valence-electron chi connectivity index (χ4n) is 1.64. The molecule has 0 radical (unpaired) electrons. The van der Waals surface area contributed by atoms with E-state index in [9.17, 15) is 18.3 Å². The standard InChI is InChI=1S/C14H12F3NO2/c1-9(19)10-6-7-18-13(8-10)20-12-5-3-2-4-11(12)14(15,16)17/h2-9,19H,1H3. The van der Waals surface area contributed by atoms with E-state index in [-0.39, 0.29) is 11.6 Å². The van der Waals surface area contributed by atoms with Gasteiger partial charge in [0.15, 0.2) is 0 Å². The number of aromatic nitrogens is 1. The second-order valence-electron chi connectivity index (χ2n) is 4.20. The first kappa shape index (κ1) is 14.3. The highest BCUT2D eigenvalue weighted by atomic mass is 19.4. The predicted molar refractivity (Wildman–Crippen MR) is 66.4 cm³/mol. The molecule has 0 aliphatic rings. The van der Waals surface area contributed by atoms with Crippen molar-refractivity contribution in [1.29, 1.82) is 0 Å². The molecule has 20 heavy (non-hydrogen) atoms. The fourth-order valence-corrected chi connectivity index (χ4v) is 1.64. The zero-order valence-corrected chi connectivity index (χ0v) is 10.6. The molecule has 0 bridgehead atoms.